The number of hydrogen-bond donors (Lipinski definition) is 0. The van der Waals surface area contributed by atoms with Crippen molar-refractivity contribution in [2.75, 3.05) is 4.90 Å². The van der Waals surface area contributed by atoms with E-state index in [1.54, 1.807) is 0 Å². The van der Waals surface area contributed by atoms with E-state index in [-0.39, 0.29) is 0 Å². The minimum Gasteiger partial charge on any atom is -0.311 e. The van der Waals surface area contributed by atoms with Crippen LogP contribution in [0, 0.1) is 0 Å². The maximum Gasteiger partial charge on any atom is 0.0713 e. The van der Waals surface area contributed by atoms with E-state index in [4.69, 9.17) is 0 Å². The maximum absolute atomic E-state index is 2.48. The minimum atomic E-state index is -0.452. The summed E-state index contributed by atoms with van der Waals surface area (Å²) in [6.45, 7) is 0. The SMILES string of the molecule is c1ccc(-c2cc3c(cc2-c2ccc(N(c4ccccc4)c4ccccc4)cc2)-c2ccccc2C3(c2ccccc2)c2ccccc2)cc1. The number of anilines is 3. The molecule has 236 valence electrons. The smallest absolute Gasteiger partial charge is 0.0713 e. The topological polar surface area (TPSA) is 3.24 Å². The zero-order valence-corrected chi connectivity index (χ0v) is 27.7. The van der Waals surface area contributed by atoms with Gasteiger partial charge in [-0.25, -0.2) is 0 Å². The summed E-state index contributed by atoms with van der Waals surface area (Å²) in [5, 5.41) is 0. The third-order valence-electron chi connectivity index (χ3n) is 10.1. The summed E-state index contributed by atoms with van der Waals surface area (Å²) in [4.78, 5) is 2.31. The number of rotatable bonds is 7. The molecule has 0 unspecified atom stereocenters. The van der Waals surface area contributed by atoms with E-state index in [0.717, 1.165) is 17.1 Å². The Labute approximate surface area is 294 Å². The molecule has 0 aliphatic heterocycles. The molecule has 0 saturated carbocycles. The molecule has 0 spiro atoms. The molecule has 0 heterocycles. The predicted molar refractivity (Wildman–Crippen MR) is 209 cm³/mol. The van der Waals surface area contributed by atoms with Crippen molar-refractivity contribution >= 4 is 17.1 Å². The highest BCUT2D eigenvalue weighted by atomic mass is 15.1. The second-order valence-corrected chi connectivity index (χ2v) is 12.9. The van der Waals surface area contributed by atoms with Crippen LogP contribution in [0.4, 0.5) is 17.1 Å². The van der Waals surface area contributed by atoms with Gasteiger partial charge in [-0.3, -0.25) is 0 Å². The largest absolute Gasteiger partial charge is 0.311 e. The number of nitrogens with zero attached hydrogens (tertiary/aromatic N) is 1. The fourth-order valence-corrected chi connectivity index (χ4v) is 7.97. The Morgan fingerprint density at radius 2 is 0.700 bits per heavy atom. The summed E-state index contributed by atoms with van der Waals surface area (Å²) < 4.78 is 0. The van der Waals surface area contributed by atoms with Crippen LogP contribution in [0.2, 0.25) is 0 Å². The first-order valence-electron chi connectivity index (χ1n) is 17.3. The third kappa shape index (κ3) is 4.86. The maximum atomic E-state index is 2.48. The van der Waals surface area contributed by atoms with Gasteiger partial charge in [-0.1, -0.05) is 164 Å². The number of benzene rings is 8. The van der Waals surface area contributed by atoms with Gasteiger partial charge in [0.2, 0.25) is 0 Å². The van der Waals surface area contributed by atoms with Crippen LogP contribution in [0.5, 0.6) is 0 Å². The molecule has 0 amide bonds. The summed E-state index contributed by atoms with van der Waals surface area (Å²) in [5.74, 6) is 0. The lowest BCUT2D eigenvalue weighted by Gasteiger charge is -2.34. The quantitative estimate of drug-likeness (QED) is 0.168. The summed E-state index contributed by atoms with van der Waals surface area (Å²) >= 11 is 0. The van der Waals surface area contributed by atoms with Crippen LogP contribution in [0.3, 0.4) is 0 Å². The number of para-hydroxylation sites is 2. The normalized spacial score (nSPS) is 12.6. The Kier molecular flexibility index (Phi) is 7.44. The van der Waals surface area contributed by atoms with E-state index in [1.807, 2.05) is 0 Å². The van der Waals surface area contributed by atoms with Gasteiger partial charge in [-0.05, 0) is 104 Å². The van der Waals surface area contributed by atoms with Crippen molar-refractivity contribution in [2.45, 2.75) is 5.41 Å². The molecule has 0 fully saturated rings. The fraction of sp³-hybridized carbons (Fsp3) is 0.0204. The van der Waals surface area contributed by atoms with Gasteiger partial charge in [0, 0.05) is 17.1 Å². The third-order valence-corrected chi connectivity index (χ3v) is 10.1. The summed E-state index contributed by atoms with van der Waals surface area (Å²) in [6, 6.07) is 77.1. The summed E-state index contributed by atoms with van der Waals surface area (Å²) in [5.41, 5.74) is 15.5. The van der Waals surface area contributed by atoms with E-state index in [1.165, 1.54) is 55.6 Å². The van der Waals surface area contributed by atoms with Crippen molar-refractivity contribution in [3.63, 3.8) is 0 Å². The van der Waals surface area contributed by atoms with Gasteiger partial charge >= 0.3 is 0 Å². The molecule has 1 heteroatoms. The predicted octanol–water partition coefficient (Wildman–Crippen LogP) is 12.9. The van der Waals surface area contributed by atoms with Crippen molar-refractivity contribution in [1.29, 1.82) is 0 Å². The molecule has 8 aromatic rings. The number of fused-ring (bicyclic) bond motifs is 3. The van der Waals surface area contributed by atoms with Crippen molar-refractivity contribution in [1.82, 2.24) is 0 Å². The van der Waals surface area contributed by atoms with E-state index in [0.29, 0.717) is 0 Å². The van der Waals surface area contributed by atoms with Gasteiger partial charge in [-0.15, -0.1) is 0 Å². The van der Waals surface area contributed by atoms with Crippen LogP contribution < -0.4 is 4.90 Å². The molecule has 0 bridgehead atoms. The second kappa shape index (κ2) is 12.5. The standard InChI is InChI=1S/C49H35N/c1-6-18-36(19-7-1)45-35-48-46(43-28-16-17-29-47(43)49(48,38-20-8-2-9-21-38)39-22-10-3-11-23-39)34-44(45)37-30-32-42(33-31-37)50(40-24-12-4-13-25-40)41-26-14-5-15-27-41/h1-35H. The van der Waals surface area contributed by atoms with Gasteiger partial charge in [0.15, 0.2) is 0 Å². The van der Waals surface area contributed by atoms with Crippen LogP contribution in [0.15, 0.2) is 212 Å². The van der Waals surface area contributed by atoms with Crippen LogP contribution in [-0.2, 0) is 5.41 Å². The highest BCUT2D eigenvalue weighted by Crippen LogP contribution is 2.58. The zero-order valence-electron chi connectivity index (χ0n) is 27.7. The first kappa shape index (κ1) is 29.7. The molecule has 8 aromatic carbocycles. The summed E-state index contributed by atoms with van der Waals surface area (Å²) in [6.07, 6.45) is 0. The van der Waals surface area contributed by atoms with E-state index in [2.05, 4.69) is 217 Å². The van der Waals surface area contributed by atoms with E-state index >= 15 is 0 Å². The molecule has 1 aliphatic carbocycles. The molecule has 1 aliphatic rings. The molecule has 1 nitrogen and oxygen atoms in total. The molecular formula is C49H35N. The van der Waals surface area contributed by atoms with Crippen LogP contribution in [-0.4, -0.2) is 0 Å². The molecular weight excluding hydrogens is 603 g/mol. The van der Waals surface area contributed by atoms with Crippen LogP contribution >= 0.6 is 0 Å². The molecule has 0 N–H and O–H groups in total. The highest BCUT2D eigenvalue weighted by Gasteiger charge is 2.46. The Morgan fingerprint density at radius 3 is 1.26 bits per heavy atom. The average Bonchev–Trinajstić information content (AvgIpc) is 3.50. The molecule has 50 heavy (non-hydrogen) atoms. The first-order chi connectivity index (χ1) is 24.8. The monoisotopic (exact) mass is 637 g/mol. The first-order valence-corrected chi connectivity index (χ1v) is 17.3. The van der Waals surface area contributed by atoms with Gasteiger partial charge < -0.3 is 4.90 Å². The Hall–Kier alpha value is -6.44. The fourth-order valence-electron chi connectivity index (χ4n) is 7.97. The Morgan fingerprint density at radius 1 is 0.280 bits per heavy atom. The van der Waals surface area contributed by atoms with Gasteiger partial charge in [-0.2, -0.15) is 0 Å². The highest BCUT2D eigenvalue weighted by molar-refractivity contribution is 5.95. The van der Waals surface area contributed by atoms with E-state index in [9.17, 15) is 0 Å². The molecule has 0 radical (unpaired) electrons. The average molecular weight is 638 g/mol. The molecule has 0 saturated heterocycles. The van der Waals surface area contributed by atoms with Crippen LogP contribution in [0.1, 0.15) is 22.3 Å². The lowest BCUT2D eigenvalue weighted by molar-refractivity contribution is 0.769. The van der Waals surface area contributed by atoms with Crippen molar-refractivity contribution in [3.8, 4) is 33.4 Å². The molecule has 0 aromatic heterocycles. The second-order valence-electron chi connectivity index (χ2n) is 12.9. The number of hydrogen-bond acceptors (Lipinski definition) is 1. The lowest BCUT2D eigenvalue weighted by Crippen LogP contribution is -2.28. The molecule has 0 atom stereocenters. The van der Waals surface area contributed by atoms with E-state index < -0.39 is 5.41 Å². The Bertz CT molecular complexity index is 2300. The molecule has 9 rings (SSSR count). The van der Waals surface area contributed by atoms with Gasteiger partial charge in [0.05, 0.1) is 5.41 Å². The van der Waals surface area contributed by atoms with Crippen molar-refractivity contribution < 1.29 is 0 Å². The van der Waals surface area contributed by atoms with Crippen molar-refractivity contribution in [3.05, 3.63) is 235 Å². The zero-order chi connectivity index (χ0) is 33.3. The van der Waals surface area contributed by atoms with Gasteiger partial charge in [0.25, 0.3) is 0 Å². The van der Waals surface area contributed by atoms with Gasteiger partial charge in [0.1, 0.15) is 0 Å². The summed E-state index contributed by atoms with van der Waals surface area (Å²) in [7, 11) is 0. The minimum absolute atomic E-state index is 0.452. The van der Waals surface area contributed by atoms with Crippen molar-refractivity contribution in [2.24, 2.45) is 0 Å². The Balaban J connectivity index is 1.28. The van der Waals surface area contributed by atoms with Crippen LogP contribution in [0.25, 0.3) is 33.4 Å². The lowest BCUT2D eigenvalue weighted by atomic mass is 9.67.